The van der Waals surface area contributed by atoms with E-state index >= 15 is 0 Å². The number of hydrogen-bond donors (Lipinski definition) is 2. The Kier molecular flexibility index (Phi) is 6.24. The molecule has 3 rings (SSSR count). The van der Waals surface area contributed by atoms with Crippen LogP contribution in [0.3, 0.4) is 0 Å². The van der Waals surface area contributed by atoms with Gasteiger partial charge in [-0.1, -0.05) is 6.07 Å². The van der Waals surface area contributed by atoms with Gasteiger partial charge in [0, 0.05) is 31.5 Å². The molecule has 1 aromatic rings. The molecule has 7 heteroatoms. The largest absolute Gasteiger partial charge is 0.384 e. The Morgan fingerprint density at radius 1 is 1.27 bits per heavy atom. The van der Waals surface area contributed by atoms with Crippen molar-refractivity contribution in [3.8, 4) is 0 Å². The van der Waals surface area contributed by atoms with Crippen LogP contribution in [-0.2, 0) is 14.3 Å². The third kappa shape index (κ3) is 4.23. The normalized spacial score (nSPS) is 19.8. The molecule has 0 bridgehead atoms. The van der Waals surface area contributed by atoms with Crippen molar-refractivity contribution in [3.63, 3.8) is 0 Å². The second-order valence-corrected chi connectivity index (χ2v) is 6.90. The van der Waals surface area contributed by atoms with Crippen LogP contribution in [0.5, 0.6) is 0 Å². The van der Waals surface area contributed by atoms with Gasteiger partial charge in [-0.3, -0.25) is 9.59 Å². The second-order valence-electron chi connectivity index (χ2n) is 6.90. The molecule has 2 saturated heterocycles. The highest BCUT2D eigenvalue weighted by Gasteiger charge is 2.39. The zero-order valence-electron chi connectivity index (χ0n) is 15.3. The van der Waals surface area contributed by atoms with Crippen LogP contribution in [-0.4, -0.2) is 69.8 Å². The SMILES string of the molecule is COCC1(C(=O)Nc2cccc(C(=O)N3CCOCC3)c2)CCNCC1. The quantitative estimate of drug-likeness (QED) is 0.821. The Balaban J connectivity index is 1.71. The fourth-order valence-corrected chi connectivity index (χ4v) is 3.56. The number of methoxy groups -OCH3 is 1. The lowest BCUT2D eigenvalue weighted by molar-refractivity contribution is -0.130. The van der Waals surface area contributed by atoms with E-state index in [4.69, 9.17) is 9.47 Å². The van der Waals surface area contributed by atoms with Crippen molar-refractivity contribution >= 4 is 17.5 Å². The predicted octanol–water partition coefficient (Wildman–Crippen LogP) is 1.11. The molecule has 26 heavy (non-hydrogen) atoms. The minimum absolute atomic E-state index is 0.0297. The Hall–Kier alpha value is -1.96. The van der Waals surface area contributed by atoms with Gasteiger partial charge in [-0.2, -0.15) is 0 Å². The molecular weight excluding hydrogens is 334 g/mol. The van der Waals surface area contributed by atoms with Gasteiger partial charge in [0.2, 0.25) is 5.91 Å². The van der Waals surface area contributed by atoms with Crippen molar-refractivity contribution in [2.45, 2.75) is 12.8 Å². The maximum absolute atomic E-state index is 12.9. The number of rotatable bonds is 5. The minimum Gasteiger partial charge on any atom is -0.384 e. The van der Waals surface area contributed by atoms with Gasteiger partial charge in [0.15, 0.2) is 0 Å². The zero-order chi connectivity index (χ0) is 18.4. The summed E-state index contributed by atoms with van der Waals surface area (Å²) < 4.78 is 10.6. The Bertz CT molecular complexity index is 632. The standard InChI is InChI=1S/C19H27N3O4/c1-25-14-19(5-7-20-8-6-19)18(24)21-16-4-2-3-15(13-16)17(23)22-9-11-26-12-10-22/h2-4,13,20H,5-12,14H2,1H3,(H,21,24). The van der Waals surface area contributed by atoms with Gasteiger partial charge in [0.25, 0.3) is 5.91 Å². The molecule has 0 spiro atoms. The molecule has 0 aromatic heterocycles. The van der Waals surface area contributed by atoms with E-state index in [0.717, 1.165) is 25.9 Å². The first-order chi connectivity index (χ1) is 12.6. The average molecular weight is 361 g/mol. The van der Waals surface area contributed by atoms with Crippen LogP contribution in [0.15, 0.2) is 24.3 Å². The number of anilines is 1. The minimum atomic E-state index is -0.524. The van der Waals surface area contributed by atoms with Gasteiger partial charge in [-0.15, -0.1) is 0 Å². The number of ether oxygens (including phenoxy) is 2. The van der Waals surface area contributed by atoms with E-state index in [1.165, 1.54) is 0 Å². The van der Waals surface area contributed by atoms with E-state index in [-0.39, 0.29) is 11.8 Å². The molecule has 7 nitrogen and oxygen atoms in total. The molecule has 0 unspecified atom stereocenters. The first-order valence-corrected chi connectivity index (χ1v) is 9.13. The third-order valence-corrected chi connectivity index (χ3v) is 5.13. The lowest BCUT2D eigenvalue weighted by Gasteiger charge is -2.35. The number of morpholine rings is 1. The summed E-state index contributed by atoms with van der Waals surface area (Å²) in [5, 5.41) is 6.27. The molecule has 1 aromatic carbocycles. The number of nitrogens with one attached hydrogen (secondary N) is 2. The molecule has 0 aliphatic carbocycles. The highest BCUT2D eigenvalue weighted by molar-refractivity contribution is 5.99. The first kappa shape index (κ1) is 18.8. The van der Waals surface area contributed by atoms with Crippen molar-refractivity contribution in [3.05, 3.63) is 29.8 Å². The van der Waals surface area contributed by atoms with Crippen LogP contribution in [0.2, 0.25) is 0 Å². The first-order valence-electron chi connectivity index (χ1n) is 9.13. The van der Waals surface area contributed by atoms with Gasteiger partial charge in [0.05, 0.1) is 25.2 Å². The molecule has 2 N–H and O–H groups in total. The Morgan fingerprint density at radius 2 is 2.00 bits per heavy atom. The predicted molar refractivity (Wildman–Crippen MR) is 98.2 cm³/mol. The molecule has 2 aliphatic rings. The Morgan fingerprint density at radius 3 is 2.69 bits per heavy atom. The van der Waals surface area contributed by atoms with E-state index in [1.807, 2.05) is 6.07 Å². The highest BCUT2D eigenvalue weighted by atomic mass is 16.5. The summed E-state index contributed by atoms with van der Waals surface area (Å²) in [6, 6.07) is 7.14. The van der Waals surface area contributed by atoms with Gasteiger partial charge < -0.3 is 25.0 Å². The number of benzene rings is 1. The van der Waals surface area contributed by atoms with Gasteiger partial charge in [-0.25, -0.2) is 0 Å². The molecule has 142 valence electrons. The summed E-state index contributed by atoms with van der Waals surface area (Å²) in [4.78, 5) is 27.3. The lowest BCUT2D eigenvalue weighted by atomic mass is 9.78. The second kappa shape index (κ2) is 8.62. The van der Waals surface area contributed by atoms with Crippen LogP contribution in [0, 0.1) is 5.41 Å². The molecule has 0 saturated carbocycles. The van der Waals surface area contributed by atoms with Gasteiger partial charge >= 0.3 is 0 Å². The maximum atomic E-state index is 12.9. The van der Waals surface area contributed by atoms with Gasteiger partial charge in [-0.05, 0) is 44.1 Å². The summed E-state index contributed by atoms with van der Waals surface area (Å²) in [7, 11) is 1.62. The smallest absolute Gasteiger partial charge is 0.254 e. The number of amides is 2. The monoisotopic (exact) mass is 361 g/mol. The van der Waals surface area contributed by atoms with Crippen molar-refractivity contribution in [2.24, 2.45) is 5.41 Å². The fraction of sp³-hybridized carbons (Fsp3) is 0.579. The number of hydrogen-bond acceptors (Lipinski definition) is 5. The fourth-order valence-electron chi connectivity index (χ4n) is 3.56. The summed E-state index contributed by atoms with van der Waals surface area (Å²) >= 11 is 0. The molecule has 0 atom stereocenters. The van der Waals surface area contributed by atoms with Crippen LogP contribution < -0.4 is 10.6 Å². The number of carbonyl (C=O) groups is 2. The van der Waals surface area contributed by atoms with E-state index < -0.39 is 5.41 Å². The van der Waals surface area contributed by atoms with E-state index in [2.05, 4.69) is 10.6 Å². The zero-order valence-corrected chi connectivity index (χ0v) is 15.3. The van der Waals surface area contributed by atoms with Crippen molar-refractivity contribution < 1.29 is 19.1 Å². The molecule has 2 fully saturated rings. The summed E-state index contributed by atoms with van der Waals surface area (Å²) in [6.45, 7) is 4.32. The van der Waals surface area contributed by atoms with Crippen LogP contribution >= 0.6 is 0 Å². The van der Waals surface area contributed by atoms with Gasteiger partial charge in [0.1, 0.15) is 0 Å². The summed E-state index contributed by atoms with van der Waals surface area (Å²) in [5.41, 5.74) is 0.698. The topological polar surface area (TPSA) is 79.9 Å². The number of nitrogens with zero attached hydrogens (tertiary/aromatic N) is 1. The lowest BCUT2D eigenvalue weighted by Crippen LogP contribution is -2.47. The van der Waals surface area contributed by atoms with E-state index in [1.54, 1.807) is 30.2 Å². The van der Waals surface area contributed by atoms with Crippen molar-refractivity contribution in [1.29, 1.82) is 0 Å². The molecule has 0 radical (unpaired) electrons. The van der Waals surface area contributed by atoms with Crippen molar-refractivity contribution in [1.82, 2.24) is 10.2 Å². The molecular formula is C19H27N3O4. The van der Waals surface area contributed by atoms with E-state index in [9.17, 15) is 9.59 Å². The number of carbonyl (C=O) groups excluding carboxylic acids is 2. The average Bonchev–Trinajstić information content (AvgIpc) is 2.69. The van der Waals surface area contributed by atoms with E-state index in [0.29, 0.717) is 44.2 Å². The third-order valence-electron chi connectivity index (χ3n) is 5.13. The van der Waals surface area contributed by atoms with Crippen molar-refractivity contribution in [2.75, 3.05) is 58.4 Å². The van der Waals surface area contributed by atoms with Crippen LogP contribution in [0.1, 0.15) is 23.2 Å². The molecule has 2 aliphatic heterocycles. The van der Waals surface area contributed by atoms with Crippen LogP contribution in [0.25, 0.3) is 0 Å². The van der Waals surface area contributed by atoms with Crippen LogP contribution in [0.4, 0.5) is 5.69 Å². The highest BCUT2D eigenvalue weighted by Crippen LogP contribution is 2.31. The molecule has 2 amide bonds. The number of piperidine rings is 1. The summed E-state index contributed by atoms with van der Waals surface area (Å²) in [5.74, 6) is -0.0744. The Labute approximate surface area is 154 Å². The summed E-state index contributed by atoms with van der Waals surface area (Å²) in [6.07, 6.45) is 1.47. The molecule has 2 heterocycles. The maximum Gasteiger partial charge on any atom is 0.254 e.